The maximum Gasteiger partial charge on any atom is 0.253 e. The summed E-state index contributed by atoms with van der Waals surface area (Å²) < 4.78 is 1.30. The van der Waals surface area contributed by atoms with Crippen LogP contribution >= 0.6 is 90.4 Å². The zero-order valence-electron chi connectivity index (χ0n) is 22.7. The van der Waals surface area contributed by atoms with Gasteiger partial charge in [0.1, 0.15) is 36.6 Å². The number of rotatable bonds is 18. The zero-order chi connectivity index (χ0) is 34.0. The molecule has 1 rings (SSSR count). The standard InChI is InChI=1S/C24H36I4N2O14/c25-13-11(23(43)29-5-9(35)19(39)21(41)17(37)7(33)1-3-31)14(26)16(28)12(15(13)27)24(44)30-6-10(36)20(40)22(42)18(38)8(34)2-4-32/h7-10,17-22,31-42H,1-6H2,(H,29,43)(H,30,44). The fraction of sp³-hybridized carbons (Fsp3) is 0.667. The molecule has 0 aliphatic rings. The Bertz CT molecular complexity index is 993. The third-order valence-electron chi connectivity index (χ3n) is 6.49. The van der Waals surface area contributed by atoms with Crippen molar-refractivity contribution in [2.24, 2.45) is 0 Å². The van der Waals surface area contributed by atoms with Gasteiger partial charge in [0.15, 0.2) is 0 Å². The molecule has 1 aromatic carbocycles. The van der Waals surface area contributed by atoms with Gasteiger partial charge in [0.25, 0.3) is 11.8 Å². The van der Waals surface area contributed by atoms with Crippen LogP contribution in [0.25, 0.3) is 0 Å². The summed E-state index contributed by atoms with van der Waals surface area (Å²) in [6, 6.07) is 0. The summed E-state index contributed by atoms with van der Waals surface area (Å²) in [5, 5.41) is 123. The van der Waals surface area contributed by atoms with Crippen LogP contribution in [0.1, 0.15) is 33.6 Å². The molecule has 20 heteroatoms. The van der Waals surface area contributed by atoms with E-state index in [1.54, 1.807) is 0 Å². The first-order valence-corrected chi connectivity index (χ1v) is 17.2. The number of nitrogens with one attached hydrogen (secondary N) is 2. The monoisotopic (exact) mass is 1080 g/mol. The molecular weight excluding hydrogens is 1050 g/mol. The van der Waals surface area contributed by atoms with E-state index < -0.39 is 99.2 Å². The van der Waals surface area contributed by atoms with Crippen LogP contribution in [-0.4, -0.2) is 160 Å². The third kappa shape index (κ3) is 11.3. The summed E-state index contributed by atoms with van der Waals surface area (Å²) in [5.41, 5.74) is 0.234. The molecule has 0 saturated heterocycles. The number of halogens is 4. The molecule has 0 saturated carbocycles. The molecule has 10 unspecified atom stereocenters. The van der Waals surface area contributed by atoms with Gasteiger partial charge in [0.05, 0.1) is 35.5 Å². The van der Waals surface area contributed by atoms with E-state index in [-0.39, 0.29) is 24.0 Å². The lowest BCUT2D eigenvalue weighted by Crippen LogP contribution is -2.52. The summed E-state index contributed by atoms with van der Waals surface area (Å²) in [5.74, 6) is -1.42. The van der Waals surface area contributed by atoms with E-state index >= 15 is 0 Å². The molecule has 0 spiro atoms. The minimum Gasteiger partial charge on any atom is -0.396 e. The molecule has 0 radical (unpaired) electrons. The molecule has 254 valence electrons. The number of aliphatic hydroxyl groups excluding tert-OH is 12. The van der Waals surface area contributed by atoms with Gasteiger partial charge < -0.3 is 71.9 Å². The third-order valence-corrected chi connectivity index (χ3v) is 12.9. The van der Waals surface area contributed by atoms with Crippen molar-refractivity contribution in [3.8, 4) is 0 Å². The highest BCUT2D eigenvalue weighted by Gasteiger charge is 2.36. The fourth-order valence-corrected chi connectivity index (χ4v) is 7.93. The summed E-state index contributed by atoms with van der Waals surface area (Å²) >= 11 is 7.30. The van der Waals surface area contributed by atoms with Gasteiger partial charge in [-0.2, -0.15) is 0 Å². The Morgan fingerprint density at radius 1 is 0.477 bits per heavy atom. The van der Waals surface area contributed by atoms with E-state index in [1.807, 2.05) is 90.4 Å². The van der Waals surface area contributed by atoms with E-state index in [2.05, 4.69) is 10.6 Å². The predicted molar refractivity (Wildman–Crippen MR) is 185 cm³/mol. The average Bonchev–Trinajstić information content (AvgIpc) is 2.99. The maximum atomic E-state index is 13.1. The normalized spacial score (nSPS) is 18.7. The van der Waals surface area contributed by atoms with E-state index in [4.69, 9.17) is 10.2 Å². The Kier molecular flexibility index (Phi) is 19.6. The molecule has 0 aliphatic heterocycles. The summed E-state index contributed by atoms with van der Waals surface area (Å²) in [7, 11) is 0. The summed E-state index contributed by atoms with van der Waals surface area (Å²) in [6.45, 7) is -2.13. The lowest BCUT2D eigenvalue weighted by atomic mass is 9.97. The second kappa shape index (κ2) is 20.2. The van der Waals surface area contributed by atoms with Gasteiger partial charge in [-0.05, 0) is 103 Å². The van der Waals surface area contributed by atoms with Crippen molar-refractivity contribution in [3.05, 3.63) is 25.4 Å². The molecule has 0 aliphatic carbocycles. The van der Waals surface area contributed by atoms with E-state index in [1.165, 1.54) is 0 Å². The van der Waals surface area contributed by atoms with Crippen LogP contribution in [0.3, 0.4) is 0 Å². The van der Waals surface area contributed by atoms with Crippen LogP contribution < -0.4 is 10.6 Å². The van der Waals surface area contributed by atoms with Crippen LogP contribution in [-0.2, 0) is 0 Å². The highest BCUT2D eigenvalue weighted by molar-refractivity contribution is 14.1. The Balaban J connectivity index is 2.98. The Morgan fingerprint density at radius 3 is 0.977 bits per heavy atom. The van der Waals surface area contributed by atoms with Crippen molar-refractivity contribution >= 4 is 102 Å². The Morgan fingerprint density at radius 2 is 0.727 bits per heavy atom. The predicted octanol–water partition coefficient (Wildman–Crippen LogP) is -4.06. The number of aliphatic hydroxyl groups is 12. The van der Waals surface area contributed by atoms with Gasteiger partial charge in [-0.15, -0.1) is 0 Å². The van der Waals surface area contributed by atoms with Crippen molar-refractivity contribution in [3.63, 3.8) is 0 Å². The molecule has 0 fully saturated rings. The van der Waals surface area contributed by atoms with Crippen molar-refractivity contribution in [1.29, 1.82) is 0 Å². The number of carbonyl (C=O) groups is 2. The fourth-order valence-electron chi connectivity index (χ4n) is 3.76. The minimum absolute atomic E-state index is 0.117. The van der Waals surface area contributed by atoms with E-state index in [0.717, 1.165) is 0 Å². The zero-order valence-corrected chi connectivity index (χ0v) is 31.3. The van der Waals surface area contributed by atoms with Crippen LogP contribution in [0.15, 0.2) is 0 Å². The van der Waals surface area contributed by atoms with Gasteiger partial charge in [-0.1, -0.05) is 0 Å². The van der Waals surface area contributed by atoms with Crippen molar-refractivity contribution < 1.29 is 70.9 Å². The lowest BCUT2D eigenvalue weighted by molar-refractivity contribution is -0.134. The first-order chi connectivity index (χ1) is 20.4. The molecule has 14 N–H and O–H groups in total. The van der Waals surface area contributed by atoms with Gasteiger partial charge in [0, 0.05) is 40.6 Å². The van der Waals surface area contributed by atoms with Crippen molar-refractivity contribution in [2.45, 2.75) is 73.9 Å². The van der Waals surface area contributed by atoms with E-state index in [0.29, 0.717) is 14.3 Å². The molecule has 16 nitrogen and oxygen atoms in total. The molecular formula is C24H36I4N2O14. The number of carbonyl (C=O) groups excluding carboxylic acids is 2. The molecule has 2 amide bonds. The number of hydrogen-bond acceptors (Lipinski definition) is 14. The van der Waals surface area contributed by atoms with Gasteiger partial charge >= 0.3 is 0 Å². The Hall–Kier alpha value is 0.600. The summed E-state index contributed by atoms with van der Waals surface area (Å²) in [4.78, 5) is 26.1. The van der Waals surface area contributed by atoms with Crippen LogP contribution in [0.4, 0.5) is 0 Å². The van der Waals surface area contributed by atoms with Crippen LogP contribution in [0, 0.1) is 14.3 Å². The smallest absolute Gasteiger partial charge is 0.253 e. The molecule has 0 heterocycles. The Labute approximate surface area is 306 Å². The highest BCUT2D eigenvalue weighted by atomic mass is 127. The molecule has 0 aromatic heterocycles. The van der Waals surface area contributed by atoms with Crippen molar-refractivity contribution in [1.82, 2.24) is 10.6 Å². The van der Waals surface area contributed by atoms with Crippen LogP contribution in [0.2, 0.25) is 0 Å². The van der Waals surface area contributed by atoms with E-state index in [9.17, 15) is 60.7 Å². The number of benzene rings is 1. The molecule has 1 aromatic rings. The SMILES string of the molecule is O=C(NCC(O)C(O)C(O)C(O)C(O)CCO)c1c(I)c(I)c(C(=O)NCC(O)C(O)C(O)C(O)C(O)CCO)c(I)c1I. The molecule has 0 bridgehead atoms. The minimum atomic E-state index is -1.99. The van der Waals surface area contributed by atoms with Gasteiger partial charge in [0.2, 0.25) is 0 Å². The topological polar surface area (TPSA) is 301 Å². The van der Waals surface area contributed by atoms with Crippen LogP contribution in [0.5, 0.6) is 0 Å². The first-order valence-electron chi connectivity index (χ1n) is 12.9. The maximum absolute atomic E-state index is 13.1. The lowest BCUT2D eigenvalue weighted by Gasteiger charge is -2.29. The number of hydrogen-bond donors (Lipinski definition) is 14. The van der Waals surface area contributed by atoms with Gasteiger partial charge in [-0.3, -0.25) is 9.59 Å². The van der Waals surface area contributed by atoms with Crippen molar-refractivity contribution in [2.75, 3.05) is 26.3 Å². The molecule has 44 heavy (non-hydrogen) atoms. The second-order valence-electron chi connectivity index (χ2n) is 9.66. The summed E-state index contributed by atoms with van der Waals surface area (Å²) in [6.07, 6.45) is -18.9. The quantitative estimate of drug-likeness (QED) is 0.0492. The van der Waals surface area contributed by atoms with Gasteiger partial charge in [-0.25, -0.2) is 0 Å². The average molecular weight is 1080 g/mol. The second-order valence-corrected chi connectivity index (χ2v) is 14.0. The number of amides is 2. The largest absolute Gasteiger partial charge is 0.396 e. The first kappa shape index (κ1) is 42.6. The molecule has 10 atom stereocenters. The highest BCUT2D eigenvalue weighted by Crippen LogP contribution is 2.33.